The van der Waals surface area contributed by atoms with Crippen LogP contribution in [0.5, 0.6) is 0 Å². The maximum Gasteiger partial charge on any atom is 0.417 e. The van der Waals surface area contributed by atoms with Crippen LogP contribution < -0.4 is 10.6 Å². The maximum atomic E-state index is 12.7. The van der Waals surface area contributed by atoms with Gasteiger partial charge in [-0.05, 0) is 30.3 Å². The lowest BCUT2D eigenvalue weighted by Gasteiger charge is -2.10. The van der Waals surface area contributed by atoms with E-state index in [4.69, 9.17) is 4.52 Å². The Morgan fingerprint density at radius 1 is 1.00 bits per heavy atom. The summed E-state index contributed by atoms with van der Waals surface area (Å²) < 4.78 is 80.6. The number of halogens is 6. The van der Waals surface area contributed by atoms with Crippen LogP contribution >= 0.6 is 0 Å². The van der Waals surface area contributed by atoms with Gasteiger partial charge < -0.3 is 15.2 Å². The molecule has 0 unspecified atom stereocenters. The number of carbonyl (C=O) groups excluding carboxylic acids is 1. The van der Waals surface area contributed by atoms with E-state index in [1.165, 1.54) is 6.07 Å². The molecule has 3 rings (SSSR count). The Kier molecular flexibility index (Phi) is 5.62. The zero-order valence-corrected chi connectivity index (χ0v) is 14.7. The van der Waals surface area contributed by atoms with Gasteiger partial charge in [0.25, 0.3) is 5.89 Å². The number of hydrogen-bond donors (Lipinski definition) is 2. The van der Waals surface area contributed by atoms with Gasteiger partial charge in [0.2, 0.25) is 0 Å². The Morgan fingerprint density at radius 2 is 1.73 bits per heavy atom. The van der Waals surface area contributed by atoms with Crippen LogP contribution in [0.15, 0.2) is 47.1 Å². The Bertz CT molecular complexity index is 1030. The molecule has 158 valence electrons. The van der Waals surface area contributed by atoms with Gasteiger partial charge in [-0.15, -0.1) is 0 Å². The summed E-state index contributed by atoms with van der Waals surface area (Å²) in [6.07, 6.45) is -8.48. The molecule has 0 bridgehead atoms. The van der Waals surface area contributed by atoms with Crippen molar-refractivity contribution in [3.8, 4) is 11.6 Å². The molecule has 0 spiro atoms. The highest BCUT2D eigenvalue weighted by molar-refractivity contribution is 5.89. The van der Waals surface area contributed by atoms with Crippen molar-refractivity contribution in [2.45, 2.75) is 18.9 Å². The number of hydrogen-bond acceptors (Lipinski definition) is 5. The number of urea groups is 1. The van der Waals surface area contributed by atoms with Crippen LogP contribution in [0, 0.1) is 0 Å². The van der Waals surface area contributed by atoms with Gasteiger partial charge in [0.05, 0.1) is 17.7 Å². The smallest absolute Gasteiger partial charge is 0.332 e. The highest BCUT2D eigenvalue weighted by atomic mass is 19.4. The average molecular weight is 431 g/mol. The maximum absolute atomic E-state index is 12.7. The van der Waals surface area contributed by atoms with Gasteiger partial charge >= 0.3 is 18.4 Å². The molecule has 0 saturated heterocycles. The van der Waals surface area contributed by atoms with Crippen molar-refractivity contribution in [3.05, 3.63) is 59.5 Å². The minimum atomic E-state index is -4.55. The summed E-state index contributed by atoms with van der Waals surface area (Å²) in [6.45, 7) is -0.255. The molecule has 2 N–H and O–H groups in total. The van der Waals surface area contributed by atoms with E-state index in [9.17, 15) is 31.1 Å². The molecule has 2 aromatic heterocycles. The first-order valence-electron chi connectivity index (χ1n) is 8.11. The minimum absolute atomic E-state index is 0.00447. The molecular formula is C17H11F6N5O2. The predicted octanol–water partition coefficient (Wildman–Crippen LogP) is 4.49. The molecule has 0 atom stereocenters. The summed E-state index contributed by atoms with van der Waals surface area (Å²) >= 11 is 0. The Morgan fingerprint density at radius 3 is 2.37 bits per heavy atom. The third-order valence-electron chi connectivity index (χ3n) is 3.63. The Balaban J connectivity index is 1.58. The first-order valence-corrected chi connectivity index (χ1v) is 8.11. The number of rotatable bonds is 4. The highest BCUT2D eigenvalue weighted by Crippen LogP contribution is 2.31. The van der Waals surface area contributed by atoms with Crippen molar-refractivity contribution in [2.75, 3.05) is 5.32 Å². The van der Waals surface area contributed by atoms with E-state index in [1.54, 1.807) is 0 Å². The number of alkyl halides is 6. The minimum Gasteiger partial charge on any atom is -0.332 e. The molecule has 0 radical (unpaired) electrons. The fourth-order valence-electron chi connectivity index (χ4n) is 2.23. The SMILES string of the molecule is O=C(NCc1noc(-c2ccc(C(F)(F)F)cn2)n1)Nc1cccc(C(F)(F)F)c1. The number of anilines is 1. The molecular weight excluding hydrogens is 420 g/mol. The first-order chi connectivity index (χ1) is 14.0. The third kappa shape index (κ3) is 5.24. The molecule has 2 heterocycles. The van der Waals surface area contributed by atoms with E-state index in [0.29, 0.717) is 6.20 Å². The van der Waals surface area contributed by atoms with Crippen LogP contribution in [0.25, 0.3) is 11.6 Å². The van der Waals surface area contributed by atoms with Gasteiger partial charge in [-0.25, -0.2) is 4.79 Å². The second kappa shape index (κ2) is 8.00. The number of nitrogens with one attached hydrogen (secondary N) is 2. The van der Waals surface area contributed by atoms with Gasteiger partial charge in [0.15, 0.2) is 5.82 Å². The molecule has 0 aliphatic heterocycles. The third-order valence-corrected chi connectivity index (χ3v) is 3.63. The number of amides is 2. The van der Waals surface area contributed by atoms with Crippen molar-refractivity contribution < 1.29 is 35.7 Å². The van der Waals surface area contributed by atoms with Crippen LogP contribution in [0.4, 0.5) is 36.8 Å². The van der Waals surface area contributed by atoms with Crippen molar-refractivity contribution >= 4 is 11.7 Å². The summed E-state index contributed by atoms with van der Waals surface area (Å²) in [5, 5.41) is 8.09. The van der Waals surface area contributed by atoms with Crippen LogP contribution in [0.1, 0.15) is 17.0 Å². The molecule has 7 nitrogen and oxygen atoms in total. The topological polar surface area (TPSA) is 92.9 Å². The van der Waals surface area contributed by atoms with Crippen molar-refractivity contribution in [1.29, 1.82) is 0 Å². The van der Waals surface area contributed by atoms with Crippen molar-refractivity contribution in [1.82, 2.24) is 20.4 Å². The summed E-state index contributed by atoms with van der Waals surface area (Å²) in [4.78, 5) is 19.3. The highest BCUT2D eigenvalue weighted by Gasteiger charge is 2.31. The van der Waals surface area contributed by atoms with E-state index in [1.807, 2.05) is 0 Å². The molecule has 0 saturated carbocycles. The number of pyridine rings is 1. The molecule has 30 heavy (non-hydrogen) atoms. The number of benzene rings is 1. The van der Waals surface area contributed by atoms with Gasteiger partial charge in [0, 0.05) is 11.9 Å². The number of carbonyl (C=O) groups is 1. The van der Waals surface area contributed by atoms with Crippen molar-refractivity contribution in [3.63, 3.8) is 0 Å². The number of nitrogens with zero attached hydrogens (tertiary/aromatic N) is 3. The largest absolute Gasteiger partial charge is 0.417 e. The monoisotopic (exact) mass is 431 g/mol. The fraction of sp³-hybridized carbons (Fsp3) is 0.176. The zero-order valence-electron chi connectivity index (χ0n) is 14.7. The van der Waals surface area contributed by atoms with E-state index in [0.717, 1.165) is 30.3 Å². The predicted molar refractivity (Wildman–Crippen MR) is 89.8 cm³/mol. The van der Waals surface area contributed by atoms with E-state index in [-0.39, 0.29) is 29.6 Å². The quantitative estimate of drug-likeness (QED) is 0.594. The van der Waals surface area contributed by atoms with E-state index < -0.39 is 29.5 Å². The van der Waals surface area contributed by atoms with Crippen LogP contribution in [0.2, 0.25) is 0 Å². The molecule has 3 aromatic rings. The molecule has 2 amide bonds. The lowest BCUT2D eigenvalue weighted by Crippen LogP contribution is -2.28. The van der Waals surface area contributed by atoms with Crippen molar-refractivity contribution in [2.24, 2.45) is 0 Å². The fourth-order valence-corrected chi connectivity index (χ4v) is 2.23. The van der Waals surface area contributed by atoms with Gasteiger partial charge in [0.1, 0.15) is 5.69 Å². The first kappa shape index (κ1) is 21.1. The molecule has 0 fully saturated rings. The standard InChI is InChI=1S/C17H11F6N5O2/c18-16(19,20)9-2-1-3-11(6-9)26-15(29)25-8-13-27-14(30-28-13)12-5-4-10(7-24-12)17(21,22)23/h1-7H,8H2,(H2,25,26,29). The number of aromatic nitrogens is 3. The second-order valence-corrected chi connectivity index (χ2v) is 5.83. The summed E-state index contributed by atoms with van der Waals surface area (Å²) in [6, 6.07) is 5.06. The Hall–Kier alpha value is -3.64. The van der Waals surface area contributed by atoms with Crippen LogP contribution in [0.3, 0.4) is 0 Å². The van der Waals surface area contributed by atoms with E-state index in [2.05, 4.69) is 25.8 Å². The average Bonchev–Trinajstić information content (AvgIpc) is 3.14. The van der Waals surface area contributed by atoms with Gasteiger partial charge in [-0.1, -0.05) is 11.2 Å². The lowest BCUT2D eigenvalue weighted by molar-refractivity contribution is -0.138. The molecule has 0 aliphatic rings. The molecule has 0 aliphatic carbocycles. The summed E-state index contributed by atoms with van der Waals surface area (Å²) in [5.74, 6) is -0.190. The van der Waals surface area contributed by atoms with Crippen LogP contribution in [-0.4, -0.2) is 21.2 Å². The normalized spacial score (nSPS) is 11.9. The summed E-state index contributed by atoms with van der Waals surface area (Å²) in [7, 11) is 0. The van der Waals surface area contributed by atoms with Gasteiger partial charge in [-0.2, -0.15) is 31.3 Å². The van der Waals surface area contributed by atoms with E-state index >= 15 is 0 Å². The lowest BCUT2D eigenvalue weighted by atomic mass is 10.2. The Labute approximate surface area is 164 Å². The summed E-state index contributed by atoms with van der Waals surface area (Å²) in [5.41, 5.74) is -1.95. The zero-order chi connectivity index (χ0) is 21.9. The van der Waals surface area contributed by atoms with Gasteiger partial charge in [-0.3, -0.25) is 4.98 Å². The molecule has 13 heteroatoms. The molecule has 1 aromatic carbocycles. The van der Waals surface area contributed by atoms with Crippen LogP contribution in [-0.2, 0) is 18.9 Å². The second-order valence-electron chi connectivity index (χ2n) is 5.83.